The lowest BCUT2D eigenvalue weighted by molar-refractivity contribution is -0.146. The van der Waals surface area contributed by atoms with Crippen molar-refractivity contribution in [2.75, 3.05) is 19.9 Å². The highest BCUT2D eigenvalue weighted by Gasteiger charge is 2.31. The first-order chi connectivity index (χ1) is 14.3. The normalized spacial score (nSPS) is 17.9. The second kappa shape index (κ2) is 10.2. The Morgan fingerprint density at radius 1 is 1.13 bits per heavy atom. The molecule has 1 aromatic carbocycles. The van der Waals surface area contributed by atoms with E-state index in [-0.39, 0.29) is 53.5 Å². The molecule has 5 N–H and O–H groups in total. The fraction of sp³-hybridized carbons (Fsp3) is 0.381. The van der Waals surface area contributed by atoms with Gasteiger partial charge in [0, 0.05) is 24.2 Å². The fourth-order valence-corrected chi connectivity index (χ4v) is 3.76. The largest absolute Gasteiger partial charge is 0.469 e. The van der Waals surface area contributed by atoms with Crippen molar-refractivity contribution in [1.82, 2.24) is 15.1 Å². The van der Waals surface area contributed by atoms with Crippen LogP contribution in [-0.4, -0.2) is 53.0 Å². The minimum absolute atomic E-state index is 0. The Kier molecular flexibility index (Phi) is 7.93. The number of esters is 1. The number of amides is 1. The number of nitrogen functional groups attached to an aromatic ring is 2. The molecule has 1 fully saturated rings. The molecule has 1 aromatic heterocycles. The number of rotatable bonds is 5. The zero-order valence-electron chi connectivity index (χ0n) is 17.5. The summed E-state index contributed by atoms with van der Waals surface area (Å²) in [6, 6.07) is 8.60. The number of carbonyl (C=O) groups excluding carboxylic acids is 2. The van der Waals surface area contributed by atoms with Crippen LogP contribution in [0.15, 0.2) is 30.3 Å². The van der Waals surface area contributed by atoms with Crippen LogP contribution in [0.1, 0.15) is 41.6 Å². The number of benzene rings is 1. The van der Waals surface area contributed by atoms with Crippen molar-refractivity contribution < 1.29 is 14.3 Å². The average Bonchev–Trinajstić information content (AvgIpc) is 2.78. The van der Waals surface area contributed by atoms with Gasteiger partial charge in [0.1, 0.15) is 5.84 Å². The lowest BCUT2D eigenvalue weighted by Gasteiger charge is -2.34. The second-order valence-corrected chi connectivity index (χ2v) is 7.46. The zero-order chi connectivity index (χ0) is 21.8. The van der Waals surface area contributed by atoms with E-state index in [1.807, 2.05) is 0 Å². The molecular weight excluding hydrogens is 420 g/mol. The Bertz CT molecular complexity index is 958. The van der Waals surface area contributed by atoms with E-state index >= 15 is 0 Å². The van der Waals surface area contributed by atoms with E-state index < -0.39 is 0 Å². The van der Waals surface area contributed by atoms with E-state index in [9.17, 15) is 9.59 Å². The number of anilines is 1. The molecule has 0 spiro atoms. The Balaban J connectivity index is 0.00000341. The number of methoxy groups -OCH3 is 1. The maximum absolute atomic E-state index is 13.1. The predicted octanol–water partition coefficient (Wildman–Crippen LogP) is 2.24. The van der Waals surface area contributed by atoms with Gasteiger partial charge in [-0.3, -0.25) is 15.0 Å². The van der Waals surface area contributed by atoms with Crippen molar-refractivity contribution in [2.24, 2.45) is 11.7 Å². The molecule has 1 saturated carbocycles. The Morgan fingerprint density at radius 3 is 2.29 bits per heavy atom. The van der Waals surface area contributed by atoms with Crippen molar-refractivity contribution in [3.8, 4) is 11.3 Å². The van der Waals surface area contributed by atoms with Crippen LogP contribution in [0, 0.1) is 11.3 Å². The highest BCUT2D eigenvalue weighted by molar-refractivity contribution is 5.99. The molecule has 0 saturated heterocycles. The fourth-order valence-electron chi connectivity index (χ4n) is 3.76. The first-order valence-corrected chi connectivity index (χ1v) is 9.74. The molecule has 1 aliphatic rings. The lowest BCUT2D eigenvalue weighted by Crippen LogP contribution is -2.40. The number of aromatic nitrogens is 2. The lowest BCUT2D eigenvalue weighted by atomic mass is 9.85. The molecule has 0 unspecified atom stereocenters. The summed E-state index contributed by atoms with van der Waals surface area (Å²) in [5, 5.41) is 15.5. The van der Waals surface area contributed by atoms with Gasteiger partial charge in [-0.25, -0.2) is 0 Å². The van der Waals surface area contributed by atoms with E-state index in [1.54, 1.807) is 42.3 Å². The van der Waals surface area contributed by atoms with Gasteiger partial charge >= 0.3 is 5.97 Å². The number of nitrogens with one attached hydrogen (secondary N) is 1. The molecule has 3 rings (SSSR count). The molecule has 1 amide bonds. The second-order valence-electron chi connectivity index (χ2n) is 7.46. The number of nitrogens with zero attached hydrogens (tertiary/aromatic N) is 3. The first kappa shape index (κ1) is 24.1. The van der Waals surface area contributed by atoms with E-state index in [0.717, 1.165) is 18.4 Å². The maximum Gasteiger partial charge on any atom is 0.308 e. The quantitative estimate of drug-likeness (QED) is 0.362. The van der Waals surface area contributed by atoms with Crippen LogP contribution < -0.4 is 11.5 Å². The molecule has 0 radical (unpaired) electrons. The number of ether oxygens (including phenoxy) is 1. The van der Waals surface area contributed by atoms with Crippen LogP contribution in [-0.2, 0) is 9.53 Å². The Morgan fingerprint density at radius 2 is 1.74 bits per heavy atom. The van der Waals surface area contributed by atoms with E-state index in [0.29, 0.717) is 24.1 Å². The molecular formula is C21H27ClN6O3. The molecule has 2 aromatic rings. The smallest absolute Gasteiger partial charge is 0.308 e. The van der Waals surface area contributed by atoms with Crippen molar-refractivity contribution >= 4 is 35.9 Å². The van der Waals surface area contributed by atoms with Crippen molar-refractivity contribution in [2.45, 2.75) is 31.7 Å². The van der Waals surface area contributed by atoms with Gasteiger partial charge in [0.05, 0.1) is 24.3 Å². The number of carbonyl (C=O) groups is 2. The highest BCUT2D eigenvalue weighted by atomic mass is 35.5. The summed E-state index contributed by atoms with van der Waals surface area (Å²) in [6.45, 7) is 0. The number of hydrogen-bond donors (Lipinski definition) is 3. The van der Waals surface area contributed by atoms with Gasteiger partial charge in [0.15, 0.2) is 5.82 Å². The number of nitrogens with two attached hydrogens (primary N) is 2. The topological polar surface area (TPSA) is 148 Å². The maximum atomic E-state index is 13.1. The van der Waals surface area contributed by atoms with Gasteiger partial charge in [0.2, 0.25) is 0 Å². The molecule has 10 heteroatoms. The summed E-state index contributed by atoms with van der Waals surface area (Å²) in [6.07, 6.45) is 2.82. The molecule has 0 atom stereocenters. The minimum atomic E-state index is -0.231. The summed E-state index contributed by atoms with van der Waals surface area (Å²) in [7, 11) is 3.14. The molecule has 0 bridgehead atoms. The SMILES string of the molecule is COC(=O)[C@H]1CC[C@H](N(C)C(=O)c2cc(-c3ccc(C(=N)N)cc3)nnc2N)CC1.Cl. The first-order valence-electron chi connectivity index (χ1n) is 9.74. The summed E-state index contributed by atoms with van der Waals surface area (Å²) >= 11 is 0. The molecule has 9 nitrogen and oxygen atoms in total. The van der Waals surface area contributed by atoms with Crippen LogP contribution in [0.5, 0.6) is 0 Å². The number of amidine groups is 1. The van der Waals surface area contributed by atoms with Crippen LogP contribution in [0.4, 0.5) is 5.82 Å². The summed E-state index contributed by atoms with van der Waals surface area (Å²) < 4.78 is 4.82. The van der Waals surface area contributed by atoms with E-state index in [4.69, 9.17) is 21.6 Å². The Labute approximate surface area is 187 Å². The van der Waals surface area contributed by atoms with Gasteiger partial charge in [0.25, 0.3) is 5.91 Å². The zero-order valence-corrected chi connectivity index (χ0v) is 18.3. The van der Waals surface area contributed by atoms with Gasteiger partial charge in [-0.15, -0.1) is 22.6 Å². The average molecular weight is 447 g/mol. The van der Waals surface area contributed by atoms with Crippen LogP contribution in [0.25, 0.3) is 11.3 Å². The van der Waals surface area contributed by atoms with E-state index in [1.165, 1.54) is 7.11 Å². The minimum Gasteiger partial charge on any atom is -0.469 e. The third-order valence-electron chi connectivity index (χ3n) is 5.64. The van der Waals surface area contributed by atoms with Crippen molar-refractivity contribution in [3.63, 3.8) is 0 Å². The molecule has 1 aliphatic carbocycles. The van der Waals surface area contributed by atoms with Gasteiger partial charge in [-0.2, -0.15) is 0 Å². The van der Waals surface area contributed by atoms with E-state index in [2.05, 4.69) is 10.2 Å². The Hall–Kier alpha value is -3.20. The molecule has 0 aliphatic heterocycles. The van der Waals surface area contributed by atoms with Crippen LogP contribution in [0.3, 0.4) is 0 Å². The van der Waals surface area contributed by atoms with Gasteiger partial charge < -0.3 is 21.1 Å². The van der Waals surface area contributed by atoms with Gasteiger partial charge in [-0.05, 0) is 31.7 Å². The third-order valence-corrected chi connectivity index (χ3v) is 5.64. The third kappa shape index (κ3) is 5.29. The predicted molar refractivity (Wildman–Crippen MR) is 120 cm³/mol. The monoisotopic (exact) mass is 446 g/mol. The molecule has 31 heavy (non-hydrogen) atoms. The molecule has 1 heterocycles. The van der Waals surface area contributed by atoms with Crippen LogP contribution in [0.2, 0.25) is 0 Å². The summed E-state index contributed by atoms with van der Waals surface area (Å²) in [5.41, 5.74) is 13.6. The molecule has 166 valence electrons. The summed E-state index contributed by atoms with van der Waals surface area (Å²) in [5.74, 6) is -0.480. The van der Waals surface area contributed by atoms with Crippen LogP contribution >= 0.6 is 12.4 Å². The number of hydrogen-bond acceptors (Lipinski definition) is 7. The standard InChI is InChI=1S/C21H26N6O3.ClH/c1-27(15-9-7-14(8-10-15)21(29)30-2)20(28)16-11-17(25-26-19(16)24)12-3-5-13(6-4-12)18(22)23;/h3-6,11,14-15H,7-10H2,1-2H3,(H3,22,23)(H2,24,26);1H/t14-,15-;. The number of halogens is 1. The highest BCUT2D eigenvalue weighted by Crippen LogP contribution is 2.29. The van der Waals surface area contributed by atoms with Crippen molar-refractivity contribution in [3.05, 3.63) is 41.5 Å². The van der Waals surface area contributed by atoms with Crippen molar-refractivity contribution in [1.29, 1.82) is 5.41 Å². The van der Waals surface area contributed by atoms with Gasteiger partial charge in [-0.1, -0.05) is 24.3 Å². The summed E-state index contributed by atoms with van der Waals surface area (Å²) in [4.78, 5) is 26.5.